The molecule has 6 heteroatoms. The van der Waals surface area contributed by atoms with Crippen LogP contribution in [0.4, 0.5) is 0 Å². The zero-order valence-electron chi connectivity index (χ0n) is 8.34. The number of carbonyl (C=O) groups is 1. The van der Waals surface area contributed by atoms with Crippen molar-refractivity contribution in [1.82, 2.24) is 0 Å². The van der Waals surface area contributed by atoms with Crippen LogP contribution in [-0.4, -0.2) is 17.0 Å². The Morgan fingerprint density at radius 2 is 2.19 bits per heavy atom. The third-order valence-corrected chi connectivity index (χ3v) is 1.78. The molecule has 0 saturated heterocycles. The number of hydrogen-bond donors (Lipinski definition) is 3. The van der Waals surface area contributed by atoms with E-state index in [9.17, 15) is 9.90 Å². The maximum Gasteiger partial charge on any atom is 0.283 e. The summed E-state index contributed by atoms with van der Waals surface area (Å²) in [5, 5.41) is 9.44. The molecule has 0 aliphatic rings. The maximum absolute atomic E-state index is 11.4. The average molecular weight is 218 g/mol. The van der Waals surface area contributed by atoms with E-state index in [4.69, 9.17) is 18.0 Å². The van der Waals surface area contributed by atoms with Crippen LogP contribution in [0.3, 0.4) is 0 Å². The fourth-order valence-electron chi connectivity index (χ4n) is 1.12. The summed E-state index contributed by atoms with van der Waals surface area (Å²) in [5.74, 6) is -1.33. The van der Waals surface area contributed by atoms with Gasteiger partial charge in [0, 0.05) is 5.56 Å². The van der Waals surface area contributed by atoms with E-state index < -0.39 is 5.91 Å². The second-order valence-corrected chi connectivity index (χ2v) is 3.01. The van der Waals surface area contributed by atoms with Gasteiger partial charge in [-0.1, -0.05) is 0 Å². The van der Waals surface area contributed by atoms with Crippen LogP contribution in [-0.2, 0) is 6.54 Å². The standard InChI is InChI=1S/C10H10N4O2/c1-13-5-6-2-3-8(15)7(4-6)9(16)14-10(11)12/h2-4,15H,5H2,(H4,11,12,14,16). The molecule has 1 rings (SSSR count). The van der Waals surface area contributed by atoms with Gasteiger partial charge < -0.3 is 21.4 Å². The van der Waals surface area contributed by atoms with Gasteiger partial charge in [0.05, 0.1) is 5.56 Å². The lowest BCUT2D eigenvalue weighted by Crippen LogP contribution is -2.24. The number of carbonyl (C=O) groups excluding carboxylic acids is 1. The number of guanidine groups is 1. The van der Waals surface area contributed by atoms with Gasteiger partial charge in [-0.25, -0.2) is 6.57 Å². The van der Waals surface area contributed by atoms with Gasteiger partial charge in [0.1, 0.15) is 5.75 Å². The number of phenolic OH excluding ortho intramolecular Hbond substituents is 1. The molecule has 16 heavy (non-hydrogen) atoms. The molecule has 0 unspecified atom stereocenters. The molecular formula is C10H10N4O2. The highest BCUT2D eigenvalue weighted by atomic mass is 16.3. The normalized spacial score (nSPS) is 9.19. The first kappa shape index (κ1) is 11.5. The van der Waals surface area contributed by atoms with Crippen LogP contribution < -0.4 is 11.5 Å². The van der Waals surface area contributed by atoms with E-state index >= 15 is 0 Å². The third-order valence-electron chi connectivity index (χ3n) is 1.78. The number of rotatable bonds is 2. The molecule has 82 valence electrons. The monoisotopic (exact) mass is 218 g/mol. The van der Waals surface area contributed by atoms with Gasteiger partial charge in [-0.15, -0.1) is 0 Å². The van der Waals surface area contributed by atoms with E-state index in [1.165, 1.54) is 12.1 Å². The van der Waals surface area contributed by atoms with Gasteiger partial charge >= 0.3 is 0 Å². The van der Waals surface area contributed by atoms with Gasteiger partial charge in [0.15, 0.2) is 5.96 Å². The summed E-state index contributed by atoms with van der Waals surface area (Å²) in [6, 6.07) is 4.28. The number of benzene rings is 1. The van der Waals surface area contributed by atoms with Crippen LogP contribution in [0.15, 0.2) is 23.2 Å². The Bertz CT molecular complexity index is 484. The first-order chi connectivity index (χ1) is 7.54. The molecule has 0 fully saturated rings. The van der Waals surface area contributed by atoms with E-state index in [0.29, 0.717) is 5.56 Å². The van der Waals surface area contributed by atoms with Crippen molar-refractivity contribution in [3.8, 4) is 5.75 Å². The highest BCUT2D eigenvalue weighted by Gasteiger charge is 2.12. The second kappa shape index (κ2) is 4.79. The van der Waals surface area contributed by atoms with Crippen molar-refractivity contribution < 1.29 is 9.90 Å². The molecule has 0 spiro atoms. The van der Waals surface area contributed by atoms with Gasteiger partial charge in [0.25, 0.3) is 5.91 Å². The highest BCUT2D eigenvalue weighted by molar-refractivity contribution is 6.03. The molecule has 5 N–H and O–H groups in total. The fraction of sp³-hybridized carbons (Fsp3) is 0.100. The number of nitrogens with two attached hydrogens (primary N) is 2. The predicted octanol–water partition coefficient (Wildman–Crippen LogP) is 0.225. The summed E-state index contributed by atoms with van der Waals surface area (Å²) in [6.07, 6.45) is 0. The number of nitrogens with zero attached hydrogens (tertiary/aromatic N) is 2. The lowest BCUT2D eigenvalue weighted by atomic mass is 10.1. The van der Waals surface area contributed by atoms with Crippen molar-refractivity contribution in [3.05, 3.63) is 40.7 Å². The molecule has 0 atom stereocenters. The number of amides is 1. The SMILES string of the molecule is [C-]#[N+]Cc1ccc(O)c(C(=O)N=C(N)N)c1. The van der Waals surface area contributed by atoms with E-state index in [0.717, 1.165) is 0 Å². The zero-order valence-corrected chi connectivity index (χ0v) is 8.34. The molecule has 0 aromatic heterocycles. The number of hydrogen-bond acceptors (Lipinski definition) is 2. The van der Waals surface area contributed by atoms with Crippen LogP contribution in [0.1, 0.15) is 15.9 Å². The summed E-state index contributed by atoms with van der Waals surface area (Å²) < 4.78 is 0. The largest absolute Gasteiger partial charge is 0.507 e. The van der Waals surface area contributed by atoms with Crippen molar-refractivity contribution in [2.75, 3.05) is 0 Å². The van der Waals surface area contributed by atoms with Crippen molar-refractivity contribution in [1.29, 1.82) is 0 Å². The van der Waals surface area contributed by atoms with Crippen LogP contribution in [0.5, 0.6) is 5.75 Å². The minimum Gasteiger partial charge on any atom is -0.507 e. The molecule has 1 aromatic rings. The van der Waals surface area contributed by atoms with Gasteiger partial charge in [0.2, 0.25) is 6.54 Å². The Balaban J connectivity index is 3.13. The fourth-order valence-corrected chi connectivity index (χ4v) is 1.12. The van der Waals surface area contributed by atoms with Gasteiger partial charge in [-0.2, -0.15) is 4.99 Å². The van der Waals surface area contributed by atoms with Crippen molar-refractivity contribution in [2.24, 2.45) is 16.5 Å². The number of aliphatic imine (C=N–C) groups is 1. The van der Waals surface area contributed by atoms with Crippen molar-refractivity contribution in [3.63, 3.8) is 0 Å². The first-order valence-electron chi connectivity index (χ1n) is 4.33. The molecule has 0 heterocycles. The Kier molecular flexibility index (Phi) is 3.45. The average Bonchev–Trinajstić information content (AvgIpc) is 2.20. The molecule has 1 aromatic carbocycles. The smallest absolute Gasteiger partial charge is 0.283 e. The number of aromatic hydroxyl groups is 1. The predicted molar refractivity (Wildman–Crippen MR) is 58.6 cm³/mol. The van der Waals surface area contributed by atoms with Crippen molar-refractivity contribution >= 4 is 11.9 Å². The Morgan fingerprint density at radius 3 is 2.75 bits per heavy atom. The van der Waals surface area contributed by atoms with Gasteiger partial charge in [-0.3, -0.25) is 4.79 Å². The summed E-state index contributed by atoms with van der Waals surface area (Å²) in [7, 11) is 0. The van der Waals surface area contributed by atoms with Crippen LogP contribution in [0.2, 0.25) is 0 Å². The van der Waals surface area contributed by atoms with E-state index in [-0.39, 0.29) is 23.8 Å². The molecule has 0 bridgehead atoms. The highest BCUT2D eigenvalue weighted by Crippen LogP contribution is 2.19. The Morgan fingerprint density at radius 1 is 1.50 bits per heavy atom. The summed E-state index contributed by atoms with van der Waals surface area (Å²) in [5.41, 5.74) is 10.7. The molecule has 1 amide bonds. The molecule has 0 saturated carbocycles. The Hall–Kier alpha value is -2.55. The topological polar surface area (TPSA) is 106 Å². The number of phenols is 1. The van der Waals surface area contributed by atoms with Gasteiger partial charge in [-0.05, 0) is 18.2 Å². The molecule has 6 nitrogen and oxygen atoms in total. The lowest BCUT2D eigenvalue weighted by molar-refractivity contribution is 0.1000. The molecule has 0 radical (unpaired) electrons. The minimum absolute atomic E-state index is 0.0189. The molecule has 0 aliphatic heterocycles. The Labute approximate surface area is 92.0 Å². The van der Waals surface area contributed by atoms with E-state index in [1.807, 2.05) is 0 Å². The molecule has 0 aliphatic carbocycles. The summed E-state index contributed by atoms with van der Waals surface area (Å²) in [4.78, 5) is 17.9. The van der Waals surface area contributed by atoms with Crippen LogP contribution in [0.25, 0.3) is 4.85 Å². The summed E-state index contributed by atoms with van der Waals surface area (Å²) in [6.45, 7) is 6.82. The zero-order chi connectivity index (χ0) is 12.1. The lowest BCUT2D eigenvalue weighted by Gasteiger charge is -2.01. The van der Waals surface area contributed by atoms with Crippen LogP contribution in [0, 0.1) is 6.57 Å². The maximum atomic E-state index is 11.4. The van der Waals surface area contributed by atoms with E-state index in [2.05, 4.69) is 9.84 Å². The molecular weight excluding hydrogens is 208 g/mol. The minimum atomic E-state index is -0.732. The van der Waals surface area contributed by atoms with E-state index in [1.54, 1.807) is 6.07 Å². The van der Waals surface area contributed by atoms with Crippen LogP contribution >= 0.6 is 0 Å². The third kappa shape index (κ3) is 2.72. The second-order valence-electron chi connectivity index (χ2n) is 3.01. The van der Waals surface area contributed by atoms with Crippen molar-refractivity contribution in [2.45, 2.75) is 6.54 Å². The first-order valence-corrected chi connectivity index (χ1v) is 4.33. The summed E-state index contributed by atoms with van der Waals surface area (Å²) >= 11 is 0. The quantitative estimate of drug-likeness (QED) is 0.375.